The van der Waals surface area contributed by atoms with Gasteiger partial charge in [0.15, 0.2) is 0 Å². The van der Waals surface area contributed by atoms with Gasteiger partial charge in [-0.3, -0.25) is 10.6 Å². The molecule has 3 N–H and O–H groups in total. The van der Waals surface area contributed by atoms with Gasteiger partial charge in [-0.2, -0.15) is 0 Å². The molecule has 0 aliphatic heterocycles. The van der Waals surface area contributed by atoms with E-state index in [4.69, 9.17) is 0 Å². The minimum absolute atomic E-state index is 0.0868. The molecule has 0 aliphatic carbocycles. The second kappa shape index (κ2) is 5.51. The minimum atomic E-state index is 0.0868. The van der Waals surface area contributed by atoms with Crippen molar-refractivity contribution in [1.29, 1.82) is 0 Å². The van der Waals surface area contributed by atoms with Crippen LogP contribution in [0.5, 0.6) is 0 Å². The van der Waals surface area contributed by atoms with Gasteiger partial charge in [-0.25, -0.2) is 0 Å². The predicted octanol–water partition coefficient (Wildman–Crippen LogP) is 0.693. The fourth-order valence-electron chi connectivity index (χ4n) is 1.69. The van der Waals surface area contributed by atoms with E-state index in [1.165, 1.54) is 0 Å². The number of hydrogen-bond acceptors (Lipinski definition) is 3. The van der Waals surface area contributed by atoms with E-state index in [0.717, 1.165) is 19.0 Å². The summed E-state index contributed by atoms with van der Waals surface area (Å²) < 4.78 is 0. The van der Waals surface area contributed by atoms with Crippen LogP contribution in [0.1, 0.15) is 26.7 Å². The quantitative estimate of drug-likeness (QED) is 0.552. The van der Waals surface area contributed by atoms with Crippen molar-refractivity contribution in [2.45, 2.75) is 32.2 Å². The van der Waals surface area contributed by atoms with E-state index in [1.807, 2.05) is 21.1 Å². The Hall–Kier alpha value is -0.120. The van der Waals surface area contributed by atoms with Crippen molar-refractivity contribution < 1.29 is 0 Å². The van der Waals surface area contributed by atoms with Crippen molar-refractivity contribution in [1.82, 2.24) is 16.0 Å². The summed E-state index contributed by atoms with van der Waals surface area (Å²) in [5.74, 6) is 0. The standard InChI is InChI=1S/C9H22N3/c1-6-9(7-2,12-5)8(10-3)11-4/h10-12H,6-7H2,1-5H3. The fraction of sp³-hybridized carbons (Fsp3) is 0.889. The zero-order valence-electron chi connectivity index (χ0n) is 8.91. The number of rotatable bonds is 6. The lowest BCUT2D eigenvalue weighted by Gasteiger charge is -2.38. The molecule has 0 aromatic heterocycles. The van der Waals surface area contributed by atoms with Crippen molar-refractivity contribution in [3.63, 3.8) is 0 Å². The molecule has 0 heterocycles. The lowest BCUT2D eigenvalue weighted by molar-refractivity contribution is 0.292. The van der Waals surface area contributed by atoms with Gasteiger partial charge in [-0.05, 0) is 34.0 Å². The Morgan fingerprint density at radius 1 is 1.00 bits per heavy atom. The Morgan fingerprint density at radius 2 is 1.42 bits per heavy atom. The van der Waals surface area contributed by atoms with Crippen LogP contribution in [0, 0.1) is 6.17 Å². The monoisotopic (exact) mass is 172 g/mol. The summed E-state index contributed by atoms with van der Waals surface area (Å²) >= 11 is 0. The van der Waals surface area contributed by atoms with Gasteiger partial charge in [0.2, 0.25) is 0 Å². The first-order valence-corrected chi connectivity index (χ1v) is 4.62. The van der Waals surface area contributed by atoms with Gasteiger partial charge in [-0.15, -0.1) is 0 Å². The molecule has 0 saturated carbocycles. The van der Waals surface area contributed by atoms with Crippen LogP contribution in [0.2, 0.25) is 0 Å². The van der Waals surface area contributed by atoms with Gasteiger partial charge in [0.25, 0.3) is 0 Å². The first kappa shape index (κ1) is 11.9. The van der Waals surface area contributed by atoms with Crippen LogP contribution in [-0.4, -0.2) is 26.7 Å². The molecule has 0 spiro atoms. The smallest absolute Gasteiger partial charge is 0.121 e. The zero-order chi connectivity index (χ0) is 9.61. The molecule has 0 atom stereocenters. The molecule has 0 aromatic carbocycles. The third-order valence-electron chi connectivity index (χ3n) is 2.66. The molecule has 0 saturated heterocycles. The minimum Gasteiger partial charge on any atom is -0.311 e. The number of likely N-dealkylation sites (N-methyl/N-ethyl adjacent to an activating group) is 3. The lowest BCUT2D eigenvalue weighted by Crippen LogP contribution is -2.56. The van der Waals surface area contributed by atoms with Crippen molar-refractivity contribution in [3.05, 3.63) is 6.17 Å². The molecule has 0 fully saturated rings. The molecule has 3 heteroatoms. The summed E-state index contributed by atoms with van der Waals surface area (Å²) in [5.41, 5.74) is 0.0868. The van der Waals surface area contributed by atoms with Crippen molar-refractivity contribution in [2.24, 2.45) is 0 Å². The lowest BCUT2D eigenvalue weighted by atomic mass is 9.89. The Balaban J connectivity index is 4.42. The van der Waals surface area contributed by atoms with Crippen LogP contribution in [-0.2, 0) is 0 Å². The molecule has 73 valence electrons. The predicted molar refractivity (Wildman–Crippen MR) is 53.7 cm³/mol. The third-order valence-corrected chi connectivity index (χ3v) is 2.66. The van der Waals surface area contributed by atoms with E-state index in [0.29, 0.717) is 0 Å². The third kappa shape index (κ3) is 2.19. The average molecular weight is 172 g/mol. The Labute approximate surface area is 76.3 Å². The van der Waals surface area contributed by atoms with Gasteiger partial charge in [0.05, 0.1) is 5.54 Å². The van der Waals surface area contributed by atoms with E-state index in [1.54, 1.807) is 0 Å². The molecule has 0 aromatic rings. The second-order valence-corrected chi connectivity index (χ2v) is 2.91. The van der Waals surface area contributed by atoms with Gasteiger partial charge < -0.3 is 5.32 Å². The highest BCUT2D eigenvalue weighted by molar-refractivity contribution is 5.06. The normalized spacial score (nSPS) is 12.5. The summed E-state index contributed by atoms with van der Waals surface area (Å²) in [6, 6.07) is 0. The maximum Gasteiger partial charge on any atom is 0.121 e. The molecule has 3 nitrogen and oxygen atoms in total. The largest absolute Gasteiger partial charge is 0.311 e. The summed E-state index contributed by atoms with van der Waals surface area (Å²) in [4.78, 5) is 0. The highest BCUT2D eigenvalue weighted by Crippen LogP contribution is 2.22. The van der Waals surface area contributed by atoms with Crippen molar-refractivity contribution in [3.8, 4) is 0 Å². The highest BCUT2D eigenvalue weighted by Gasteiger charge is 2.32. The highest BCUT2D eigenvalue weighted by atomic mass is 15.2. The van der Waals surface area contributed by atoms with Crippen LogP contribution in [0.25, 0.3) is 0 Å². The summed E-state index contributed by atoms with van der Waals surface area (Å²) in [6.45, 7) is 4.38. The molecule has 12 heavy (non-hydrogen) atoms. The Kier molecular flexibility index (Phi) is 5.46. The molecular weight excluding hydrogens is 150 g/mol. The first-order chi connectivity index (χ1) is 5.70. The molecule has 0 amide bonds. The van der Waals surface area contributed by atoms with Crippen LogP contribution in [0.3, 0.4) is 0 Å². The molecule has 0 bridgehead atoms. The van der Waals surface area contributed by atoms with Crippen molar-refractivity contribution >= 4 is 0 Å². The fourth-order valence-corrected chi connectivity index (χ4v) is 1.69. The number of hydrogen-bond donors (Lipinski definition) is 3. The van der Waals surface area contributed by atoms with E-state index in [-0.39, 0.29) is 5.54 Å². The molecule has 1 radical (unpaired) electrons. The maximum atomic E-state index is 3.35. The van der Waals surface area contributed by atoms with E-state index >= 15 is 0 Å². The van der Waals surface area contributed by atoms with Gasteiger partial charge in [-0.1, -0.05) is 13.8 Å². The van der Waals surface area contributed by atoms with Crippen LogP contribution >= 0.6 is 0 Å². The maximum absolute atomic E-state index is 3.35. The second-order valence-electron chi connectivity index (χ2n) is 2.91. The van der Waals surface area contributed by atoms with E-state index in [9.17, 15) is 0 Å². The first-order valence-electron chi connectivity index (χ1n) is 4.62. The van der Waals surface area contributed by atoms with Crippen LogP contribution < -0.4 is 16.0 Å². The topological polar surface area (TPSA) is 36.1 Å². The molecule has 0 aliphatic rings. The van der Waals surface area contributed by atoms with Crippen LogP contribution in [0.15, 0.2) is 0 Å². The average Bonchev–Trinajstić information content (AvgIpc) is 2.14. The Bertz CT molecular complexity index is 98.1. The summed E-state index contributed by atoms with van der Waals surface area (Å²) in [7, 11) is 5.90. The van der Waals surface area contributed by atoms with Gasteiger partial charge in [0.1, 0.15) is 6.17 Å². The Morgan fingerprint density at radius 3 is 1.50 bits per heavy atom. The molecule has 0 rings (SSSR count). The molecular formula is C9H22N3. The molecule has 0 unspecified atom stereocenters. The van der Waals surface area contributed by atoms with E-state index < -0.39 is 0 Å². The van der Waals surface area contributed by atoms with E-state index in [2.05, 4.69) is 29.8 Å². The number of nitrogens with one attached hydrogen (secondary N) is 3. The summed E-state index contributed by atoms with van der Waals surface area (Å²) in [5, 5.41) is 9.73. The zero-order valence-corrected chi connectivity index (χ0v) is 8.91. The van der Waals surface area contributed by atoms with Gasteiger partial charge >= 0.3 is 0 Å². The van der Waals surface area contributed by atoms with Crippen molar-refractivity contribution in [2.75, 3.05) is 21.1 Å². The SMILES string of the molecule is CCC(CC)(NC)[C](NC)NC. The summed E-state index contributed by atoms with van der Waals surface area (Å²) in [6.07, 6.45) is 3.32. The van der Waals surface area contributed by atoms with Crippen LogP contribution in [0.4, 0.5) is 0 Å². The van der Waals surface area contributed by atoms with Gasteiger partial charge in [0, 0.05) is 0 Å².